The lowest BCUT2D eigenvalue weighted by Crippen LogP contribution is -2.32. The molecule has 2 aromatic carbocycles. The van der Waals surface area contributed by atoms with Crippen LogP contribution in [-0.4, -0.2) is 46.6 Å². The van der Waals surface area contributed by atoms with E-state index in [2.05, 4.69) is 36.4 Å². The van der Waals surface area contributed by atoms with Gasteiger partial charge < -0.3 is 14.8 Å². The summed E-state index contributed by atoms with van der Waals surface area (Å²) in [6.07, 6.45) is 0. The van der Waals surface area contributed by atoms with Crippen LogP contribution >= 0.6 is 0 Å². The zero-order chi connectivity index (χ0) is 22.4. The SMILES string of the molecule is CCn1nnc2cc(C(=O)OCC(=O)NCCOc3ccc(C(C)(C)C)cc3)ccc21. The largest absolute Gasteiger partial charge is 0.492 e. The van der Waals surface area contributed by atoms with Gasteiger partial charge in [0.25, 0.3) is 5.91 Å². The smallest absolute Gasteiger partial charge is 0.338 e. The van der Waals surface area contributed by atoms with Crippen molar-refractivity contribution in [1.82, 2.24) is 20.3 Å². The first-order chi connectivity index (χ1) is 14.8. The van der Waals surface area contributed by atoms with E-state index in [-0.39, 0.29) is 12.0 Å². The molecular weight excluding hydrogens is 396 g/mol. The van der Waals surface area contributed by atoms with E-state index in [1.165, 1.54) is 5.56 Å². The fraction of sp³-hybridized carbons (Fsp3) is 0.391. The predicted octanol–water partition coefficient (Wildman–Crippen LogP) is 3.10. The van der Waals surface area contributed by atoms with Crippen LogP contribution in [0, 0.1) is 0 Å². The number of nitrogens with zero attached hydrogens (tertiary/aromatic N) is 3. The molecule has 0 fully saturated rings. The first-order valence-electron chi connectivity index (χ1n) is 10.3. The monoisotopic (exact) mass is 424 g/mol. The molecule has 1 N–H and O–H groups in total. The van der Waals surface area contributed by atoms with Crippen molar-refractivity contribution in [3.63, 3.8) is 0 Å². The molecule has 3 rings (SSSR count). The number of fused-ring (bicyclic) bond motifs is 1. The van der Waals surface area contributed by atoms with Crippen molar-refractivity contribution in [2.45, 2.75) is 39.7 Å². The fourth-order valence-corrected chi connectivity index (χ4v) is 3.01. The molecule has 0 bridgehead atoms. The highest BCUT2D eigenvalue weighted by Gasteiger charge is 2.14. The number of hydrogen-bond donors (Lipinski definition) is 1. The van der Waals surface area contributed by atoms with Gasteiger partial charge >= 0.3 is 5.97 Å². The Morgan fingerprint density at radius 1 is 1.10 bits per heavy atom. The number of esters is 1. The number of aryl methyl sites for hydroxylation is 1. The van der Waals surface area contributed by atoms with Crippen molar-refractivity contribution in [1.29, 1.82) is 0 Å². The van der Waals surface area contributed by atoms with E-state index in [9.17, 15) is 9.59 Å². The van der Waals surface area contributed by atoms with Crippen LogP contribution in [0.5, 0.6) is 5.75 Å². The summed E-state index contributed by atoms with van der Waals surface area (Å²) in [4.78, 5) is 24.1. The van der Waals surface area contributed by atoms with Crippen LogP contribution in [0.2, 0.25) is 0 Å². The minimum atomic E-state index is -0.585. The second kappa shape index (κ2) is 9.59. The lowest BCUT2D eigenvalue weighted by atomic mass is 9.87. The van der Waals surface area contributed by atoms with E-state index in [0.29, 0.717) is 30.8 Å². The number of hydrogen-bond acceptors (Lipinski definition) is 6. The van der Waals surface area contributed by atoms with Gasteiger partial charge in [0, 0.05) is 6.54 Å². The van der Waals surface area contributed by atoms with Crippen LogP contribution in [0.4, 0.5) is 0 Å². The van der Waals surface area contributed by atoms with Crippen LogP contribution in [0.25, 0.3) is 11.0 Å². The average Bonchev–Trinajstić information content (AvgIpc) is 3.17. The van der Waals surface area contributed by atoms with Crippen molar-refractivity contribution in [3.05, 3.63) is 53.6 Å². The van der Waals surface area contributed by atoms with Gasteiger partial charge in [0.15, 0.2) is 6.61 Å². The molecule has 3 aromatic rings. The number of rotatable bonds is 8. The zero-order valence-electron chi connectivity index (χ0n) is 18.3. The van der Waals surface area contributed by atoms with Crippen molar-refractivity contribution >= 4 is 22.9 Å². The van der Waals surface area contributed by atoms with E-state index in [1.54, 1.807) is 22.9 Å². The maximum atomic E-state index is 12.2. The summed E-state index contributed by atoms with van der Waals surface area (Å²) in [5.74, 6) is -0.236. The highest BCUT2D eigenvalue weighted by molar-refractivity contribution is 5.94. The van der Waals surface area contributed by atoms with Gasteiger partial charge in [-0.25, -0.2) is 9.48 Å². The van der Waals surface area contributed by atoms with Gasteiger partial charge in [-0.05, 0) is 48.2 Å². The van der Waals surface area contributed by atoms with Crippen molar-refractivity contribution in [3.8, 4) is 5.75 Å². The minimum Gasteiger partial charge on any atom is -0.492 e. The molecular formula is C23H28N4O4. The Morgan fingerprint density at radius 2 is 1.84 bits per heavy atom. The topological polar surface area (TPSA) is 95.3 Å². The molecule has 8 nitrogen and oxygen atoms in total. The predicted molar refractivity (Wildman–Crippen MR) is 117 cm³/mol. The van der Waals surface area contributed by atoms with Gasteiger partial charge in [-0.1, -0.05) is 38.1 Å². The molecule has 31 heavy (non-hydrogen) atoms. The average molecular weight is 425 g/mol. The van der Waals surface area contributed by atoms with Crippen LogP contribution < -0.4 is 10.1 Å². The Hall–Kier alpha value is -3.42. The van der Waals surface area contributed by atoms with Gasteiger partial charge in [-0.15, -0.1) is 5.10 Å². The van der Waals surface area contributed by atoms with E-state index in [4.69, 9.17) is 9.47 Å². The van der Waals surface area contributed by atoms with E-state index in [0.717, 1.165) is 11.3 Å². The molecule has 0 aliphatic heterocycles. The van der Waals surface area contributed by atoms with Crippen LogP contribution in [-0.2, 0) is 21.5 Å². The second-order valence-corrected chi connectivity index (χ2v) is 8.16. The zero-order valence-corrected chi connectivity index (χ0v) is 18.3. The Kier molecular flexibility index (Phi) is 6.89. The normalized spacial score (nSPS) is 11.4. The van der Waals surface area contributed by atoms with Gasteiger partial charge in [0.2, 0.25) is 0 Å². The van der Waals surface area contributed by atoms with E-state index in [1.807, 2.05) is 31.2 Å². The number of aromatic nitrogens is 3. The molecule has 1 heterocycles. The maximum Gasteiger partial charge on any atom is 0.338 e. The lowest BCUT2D eigenvalue weighted by molar-refractivity contribution is -0.124. The molecule has 164 valence electrons. The van der Waals surface area contributed by atoms with Gasteiger partial charge in [0.05, 0.1) is 17.6 Å². The molecule has 0 saturated heterocycles. The summed E-state index contributed by atoms with van der Waals surface area (Å²) < 4.78 is 12.5. The molecule has 0 saturated carbocycles. The fourth-order valence-electron chi connectivity index (χ4n) is 3.01. The Balaban J connectivity index is 1.39. The van der Waals surface area contributed by atoms with Crippen molar-refractivity contribution in [2.24, 2.45) is 0 Å². The molecule has 0 aliphatic carbocycles. The molecule has 1 amide bonds. The highest BCUT2D eigenvalue weighted by Crippen LogP contribution is 2.24. The Bertz CT molecular complexity index is 1050. The molecule has 0 radical (unpaired) electrons. The number of carbonyl (C=O) groups excluding carboxylic acids is 2. The van der Waals surface area contributed by atoms with Gasteiger partial charge in [-0.3, -0.25) is 4.79 Å². The minimum absolute atomic E-state index is 0.0870. The van der Waals surface area contributed by atoms with E-state index >= 15 is 0 Å². The van der Waals surface area contributed by atoms with Gasteiger partial charge in [0.1, 0.15) is 17.9 Å². The Labute approximate surface area is 181 Å². The Morgan fingerprint density at radius 3 is 2.52 bits per heavy atom. The van der Waals surface area contributed by atoms with Crippen molar-refractivity contribution in [2.75, 3.05) is 19.8 Å². The summed E-state index contributed by atoms with van der Waals surface area (Å²) in [7, 11) is 0. The third-order valence-electron chi connectivity index (χ3n) is 4.80. The number of nitrogens with one attached hydrogen (secondary N) is 1. The summed E-state index contributed by atoms with van der Waals surface area (Å²) >= 11 is 0. The number of amides is 1. The molecule has 1 aromatic heterocycles. The van der Waals surface area contributed by atoms with Crippen molar-refractivity contribution < 1.29 is 19.1 Å². The maximum absolute atomic E-state index is 12.2. The lowest BCUT2D eigenvalue weighted by Gasteiger charge is -2.19. The molecule has 0 aliphatic rings. The summed E-state index contributed by atoms with van der Waals surface area (Å²) in [6.45, 7) is 9.37. The summed E-state index contributed by atoms with van der Waals surface area (Å²) in [5, 5.41) is 10.7. The van der Waals surface area contributed by atoms with Crippen LogP contribution in [0.3, 0.4) is 0 Å². The molecule has 8 heteroatoms. The number of ether oxygens (including phenoxy) is 2. The first-order valence-corrected chi connectivity index (χ1v) is 10.3. The summed E-state index contributed by atoms with van der Waals surface area (Å²) in [5.41, 5.74) is 3.08. The third-order valence-corrected chi connectivity index (χ3v) is 4.80. The van der Waals surface area contributed by atoms with E-state index < -0.39 is 11.9 Å². The van der Waals surface area contributed by atoms with Gasteiger partial charge in [-0.2, -0.15) is 0 Å². The standard InChI is InChI=1S/C23H28N4O4/c1-5-27-20-11-6-16(14-19(20)25-26-27)22(29)31-15-21(28)24-12-13-30-18-9-7-17(8-10-18)23(2,3)4/h6-11,14H,5,12-13,15H2,1-4H3,(H,24,28). The highest BCUT2D eigenvalue weighted by atomic mass is 16.5. The second-order valence-electron chi connectivity index (χ2n) is 8.16. The van der Waals surface area contributed by atoms with Crippen LogP contribution in [0.15, 0.2) is 42.5 Å². The molecule has 0 atom stereocenters. The third kappa shape index (κ3) is 5.81. The molecule has 0 unspecified atom stereocenters. The summed E-state index contributed by atoms with van der Waals surface area (Å²) in [6, 6.07) is 12.9. The number of benzene rings is 2. The number of carbonyl (C=O) groups is 2. The van der Waals surface area contributed by atoms with Crippen LogP contribution in [0.1, 0.15) is 43.6 Å². The first kappa shape index (κ1) is 22.3. The molecule has 0 spiro atoms. The quantitative estimate of drug-likeness (QED) is 0.441.